The number of carbonyl (C=O) groups excluding carboxylic acids is 4. The number of hydrogen-bond acceptors (Lipinski definition) is 11. The molecule has 3 amide bonds. The van der Waals surface area contributed by atoms with Crippen molar-refractivity contribution in [2.45, 2.75) is 84.9 Å². The lowest BCUT2D eigenvalue weighted by Crippen LogP contribution is -2.51. The fourth-order valence-electron chi connectivity index (χ4n) is 6.46. The predicted octanol–water partition coefficient (Wildman–Crippen LogP) is 6.06. The van der Waals surface area contributed by atoms with E-state index in [1.807, 2.05) is 50.4 Å². The molecule has 2 aliphatic rings. The molecule has 2 unspecified atom stereocenters. The fraction of sp³-hybridized carbons (Fsp3) is 0.476. The van der Waals surface area contributed by atoms with Crippen molar-refractivity contribution in [1.29, 1.82) is 0 Å². The maximum atomic E-state index is 13.5. The first-order valence-electron chi connectivity index (χ1n) is 19.8. The summed E-state index contributed by atoms with van der Waals surface area (Å²) in [4.78, 5) is 63.9. The summed E-state index contributed by atoms with van der Waals surface area (Å²) in [7, 11) is 4.35. The van der Waals surface area contributed by atoms with E-state index in [4.69, 9.17) is 19.0 Å². The summed E-state index contributed by atoms with van der Waals surface area (Å²) in [6.45, 7) is 10.3. The number of nitrogens with one attached hydrogen (secondary N) is 5. The van der Waals surface area contributed by atoms with Gasteiger partial charge in [-0.15, -0.1) is 0 Å². The van der Waals surface area contributed by atoms with E-state index < -0.39 is 12.1 Å². The van der Waals surface area contributed by atoms with Gasteiger partial charge in [0.2, 0.25) is 11.8 Å². The zero-order valence-electron chi connectivity index (χ0n) is 34.6. The highest BCUT2D eigenvalue weighted by atomic mass is 16.5. The molecule has 0 bridgehead atoms. The van der Waals surface area contributed by atoms with Crippen LogP contribution in [0.2, 0.25) is 0 Å². The van der Waals surface area contributed by atoms with Gasteiger partial charge in [-0.25, -0.2) is 14.8 Å². The van der Waals surface area contributed by atoms with E-state index in [-0.39, 0.29) is 23.8 Å². The molecule has 0 radical (unpaired) electrons. The van der Waals surface area contributed by atoms with E-state index in [1.54, 1.807) is 18.1 Å². The van der Waals surface area contributed by atoms with Gasteiger partial charge in [-0.3, -0.25) is 14.4 Å². The third-order valence-corrected chi connectivity index (χ3v) is 9.29. The van der Waals surface area contributed by atoms with Crippen LogP contribution in [0.5, 0.6) is 17.2 Å². The van der Waals surface area contributed by atoms with Crippen LogP contribution in [0.25, 0.3) is 22.5 Å². The first-order valence-corrected chi connectivity index (χ1v) is 19.8. The summed E-state index contributed by atoms with van der Waals surface area (Å²) in [6.07, 6.45) is 8.40. The minimum absolute atomic E-state index is 0.0000467. The van der Waals surface area contributed by atoms with Crippen LogP contribution >= 0.6 is 0 Å². The topological polar surface area (TPSA) is 202 Å². The number of imidazole rings is 2. The average molecular weight is 803 g/mol. The van der Waals surface area contributed by atoms with Crippen LogP contribution in [-0.4, -0.2) is 96.2 Å². The molecular formula is C42H58N8O8. The lowest BCUT2D eigenvalue weighted by molar-refractivity contribution is -0.135. The molecule has 5 N–H and O–H groups in total. The third kappa shape index (κ3) is 12.3. The molecule has 314 valence electrons. The van der Waals surface area contributed by atoms with Crippen molar-refractivity contribution in [2.75, 3.05) is 40.9 Å². The van der Waals surface area contributed by atoms with Crippen molar-refractivity contribution in [3.05, 3.63) is 66.0 Å². The van der Waals surface area contributed by atoms with E-state index in [0.717, 1.165) is 71.8 Å². The Hall–Kier alpha value is -5.90. The van der Waals surface area contributed by atoms with E-state index in [1.165, 1.54) is 20.6 Å². The minimum Gasteiger partial charge on any atom is -0.485 e. The summed E-state index contributed by atoms with van der Waals surface area (Å²) in [5.74, 6) is 3.28. The molecule has 2 aromatic carbocycles. The second-order valence-corrected chi connectivity index (χ2v) is 14.2. The summed E-state index contributed by atoms with van der Waals surface area (Å²) in [5.41, 5.74) is 4.47. The van der Waals surface area contributed by atoms with Gasteiger partial charge < -0.3 is 49.8 Å². The minimum atomic E-state index is -0.697. The van der Waals surface area contributed by atoms with Crippen molar-refractivity contribution in [2.24, 2.45) is 5.92 Å². The van der Waals surface area contributed by atoms with Gasteiger partial charge in [0, 0.05) is 36.2 Å². The van der Waals surface area contributed by atoms with Crippen LogP contribution in [0, 0.1) is 5.92 Å². The van der Waals surface area contributed by atoms with Crippen LogP contribution in [0.1, 0.15) is 83.1 Å². The number of H-pyrrole nitrogens is 2. The number of carbonyl (C=O) groups is 4. The van der Waals surface area contributed by atoms with Crippen molar-refractivity contribution in [3.8, 4) is 39.8 Å². The number of ether oxygens (including phenoxy) is 4. The van der Waals surface area contributed by atoms with Crippen LogP contribution in [0.4, 0.5) is 4.79 Å². The molecule has 2 aromatic heterocycles. The summed E-state index contributed by atoms with van der Waals surface area (Å²) in [6, 6.07) is 10.8. The molecule has 2 aliphatic heterocycles. The number of aryl methyl sites for hydroxylation is 1. The molecule has 1 fully saturated rings. The third-order valence-electron chi connectivity index (χ3n) is 9.29. The second-order valence-electron chi connectivity index (χ2n) is 14.2. The van der Waals surface area contributed by atoms with Crippen molar-refractivity contribution >= 4 is 24.4 Å². The van der Waals surface area contributed by atoms with Crippen molar-refractivity contribution < 1.29 is 38.1 Å². The van der Waals surface area contributed by atoms with E-state index in [2.05, 4.69) is 60.5 Å². The number of rotatable bonds is 14. The van der Waals surface area contributed by atoms with Crippen LogP contribution < -0.4 is 25.4 Å². The Labute approximate surface area is 340 Å². The number of fused-ring (bicyclic) bond motifs is 2. The number of hydrogen-bond donors (Lipinski definition) is 5. The molecule has 1 saturated heterocycles. The number of methoxy groups -OCH3 is 2. The Morgan fingerprint density at radius 3 is 2.36 bits per heavy atom. The van der Waals surface area contributed by atoms with E-state index >= 15 is 0 Å². The highest BCUT2D eigenvalue weighted by Gasteiger charge is 2.37. The van der Waals surface area contributed by atoms with Crippen molar-refractivity contribution in [1.82, 2.24) is 40.8 Å². The van der Waals surface area contributed by atoms with E-state index in [9.17, 15) is 14.4 Å². The maximum Gasteiger partial charge on any atom is 0.407 e. The van der Waals surface area contributed by atoms with Gasteiger partial charge in [-0.1, -0.05) is 34.1 Å². The smallest absolute Gasteiger partial charge is 0.407 e. The first-order chi connectivity index (χ1) is 28.1. The lowest BCUT2D eigenvalue weighted by atomic mass is 10.0. The number of unbranched alkanes of at least 4 members (excludes halogenated alkanes) is 1. The fourth-order valence-corrected chi connectivity index (χ4v) is 6.46. The van der Waals surface area contributed by atoms with Gasteiger partial charge in [-0.05, 0) is 75.0 Å². The maximum absolute atomic E-state index is 13.5. The highest BCUT2D eigenvalue weighted by molar-refractivity contribution is 5.86. The molecule has 0 saturated carbocycles. The van der Waals surface area contributed by atoms with Gasteiger partial charge >= 0.3 is 6.09 Å². The summed E-state index contributed by atoms with van der Waals surface area (Å²) >= 11 is 0. The van der Waals surface area contributed by atoms with Crippen LogP contribution in [0.3, 0.4) is 0 Å². The molecule has 16 nitrogen and oxygen atoms in total. The second kappa shape index (κ2) is 22.7. The predicted molar refractivity (Wildman–Crippen MR) is 219 cm³/mol. The summed E-state index contributed by atoms with van der Waals surface area (Å²) < 4.78 is 21.2. The normalized spacial score (nSPS) is 14.4. The number of likely N-dealkylation sites (N-methyl/N-ethyl adjacent to an activating group) is 1. The van der Waals surface area contributed by atoms with Gasteiger partial charge in [0.25, 0.3) is 6.47 Å². The number of nitrogens with zero attached hydrogens (tertiary/aromatic N) is 3. The first kappa shape index (κ1) is 44.8. The SMILES string of the molecule is CCC.CNCC(=O)NCCCCc1ncc(-c2ccc3c(c2)COc2cc(-c4cnc(C5CCCN5C(=O)C(NC(=O)OC)C(C)C)[nH]4)ccc2O3)[nH]1.COC=O. The van der Waals surface area contributed by atoms with Gasteiger partial charge in [0.1, 0.15) is 30.0 Å². The van der Waals surface area contributed by atoms with Crippen LogP contribution in [0.15, 0.2) is 48.8 Å². The highest BCUT2D eigenvalue weighted by Crippen LogP contribution is 2.41. The number of likely N-dealkylation sites (tertiary alicyclic amines) is 1. The van der Waals surface area contributed by atoms with Gasteiger partial charge in [0.15, 0.2) is 11.5 Å². The Kier molecular flexibility index (Phi) is 17.6. The molecule has 0 aliphatic carbocycles. The number of amides is 3. The Morgan fingerprint density at radius 2 is 1.67 bits per heavy atom. The molecule has 2 atom stereocenters. The number of aromatic amines is 2. The quantitative estimate of drug-likeness (QED) is 0.0733. The number of alkyl carbamates (subject to hydrolysis) is 1. The monoisotopic (exact) mass is 802 g/mol. The Morgan fingerprint density at radius 1 is 0.983 bits per heavy atom. The molecule has 6 rings (SSSR count). The van der Waals surface area contributed by atoms with Gasteiger partial charge in [0.05, 0.1) is 50.6 Å². The van der Waals surface area contributed by atoms with Crippen LogP contribution in [-0.2, 0) is 36.9 Å². The molecule has 4 aromatic rings. The Bertz CT molecular complexity index is 1940. The number of benzene rings is 2. The number of aromatic nitrogens is 4. The average Bonchev–Trinajstić information content (AvgIpc) is 4.00. The molecule has 0 spiro atoms. The largest absolute Gasteiger partial charge is 0.485 e. The molecular weight excluding hydrogens is 745 g/mol. The molecule has 4 heterocycles. The van der Waals surface area contributed by atoms with E-state index in [0.29, 0.717) is 50.0 Å². The molecule has 58 heavy (non-hydrogen) atoms. The summed E-state index contributed by atoms with van der Waals surface area (Å²) in [5, 5.41) is 8.43. The van der Waals surface area contributed by atoms with Crippen molar-refractivity contribution in [3.63, 3.8) is 0 Å². The zero-order valence-corrected chi connectivity index (χ0v) is 34.6. The van der Waals surface area contributed by atoms with Gasteiger partial charge in [-0.2, -0.15) is 0 Å². The lowest BCUT2D eigenvalue weighted by Gasteiger charge is -2.30. The molecule has 16 heteroatoms. The Balaban J connectivity index is 0.000000987. The standard InChI is InChI=1S/C37H46N8O6.C3H8.C2H4O2/c1-22(2)34(44-37(48)49-4)36(47)45-15-7-8-28(45)35-41-19-27(43-35)24-11-13-30-31(17-24)50-21-25-16-23(10-12-29(25)51-30)26-18-40-32(42-26)9-5-6-14-39-33(46)20-38-3;1-3-2;1-4-2-3/h10-13,16-19,22,28,34,38H,5-9,14-15,20-21H2,1-4H3,(H,39,46)(H,40,42)(H,41,43)(H,44,48);3H2,1-2H3;2H,1H3. The zero-order chi connectivity index (χ0) is 42.0.